The third kappa shape index (κ3) is 3.35. The highest BCUT2D eigenvalue weighted by molar-refractivity contribution is 5.15. The van der Waals surface area contributed by atoms with E-state index >= 15 is 0 Å². The van der Waals surface area contributed by atoms with Gasteiger partial charge in [-0.2, -0.15) is 5.10 Å². The second-order valence-electron chi connectivity index (χ2n) is 6.26. The summed E-state index contributed by atoms with van der Waals surface area (Å²) in [6, 6.07) is 9.65. The molecule has 0 N–H and O–H groups in total. The maximum absolute atomic E-state index is 13.7. The molecule has 1 aliphatic rings. The zero-order valence-corrected chi connectivity index (χ0v) is 13.2. The largest absolute Gasteiger partial charge is 0.346 e. The van der Waals surface area contributed by atoms with Gasteiger partial charge in [0.1, 0.15) is 5.82 Å². The first-order valence-corrected chi connectivity index (χ1v) is 8.03. The van der Waals surface area contributed by atoms with Crippen LogP contribution in [0.3, 0.4) is 0 Å². The standard InChI is InChI=1S/C17H21F2N3O/c1-13-20-22(11-9-15-8-5-10-17(15,18)19)16(23)21(13)12-14-6-3-2-4-7-14/h2-4,6-7,15H,5,8-12H2,1H3. The Kier molecular flexibility index (Phi) is 4.33. The van der Waals surface area contributed by atoms with Gasteiger partial charge < -0.3 is 0 Å². The molecule has 1 aromatic carbocycles. The van der Waals surface area contributed by atoms with E-state index in [9.17, 15) is 13.6 Å². The molecule has 4 nitrogen and oxygen atoms in total. The molecular weight excluding hydrogens is 300 g/mol. The number of alkyl halides is 2. The van der Waals surface area contributed by atoms with Crippen molar-refractivity contribution in [2.45, 2.75) is 51.6 Å². The van der Waals surface area contributed by atoms with Crippen molar-refractivity contribution in [1.82, 2.24) is 14.3 Å². The van der Waals surface area contributed by atoms with Gasteiger partial charge in [-0.1, -0.05) is 30.3 Å². The second kappa shape index (κ2) is 6.26. The van der Waals surface area contributed by atoms with E-state index in [-0.39, 0.29) is 18.7 Å². The van der Waals surface area contributed by atoms with Gasteiger partial charge in [0, 0.05) is 18.9 Å². The Balaban J connectivity index is 1.72. The number of aryl methyl sites for hydroxylation is 2. The summed E-state index contributed by atoms with van der Waals surface area (Å²) in [5.74, 6) is -2.61. The van der Waals surface area contributed by atoms with Crippen LogP contribution in [-0.4, -0.2) is 20.3 Å². The molecule has 0 radical (unpaired) electrons. The lowest BCUT2D eigenvalue weighted by molar-refractivity contribution is -0.0409. The van der Waals surface area contributed by atoms with Gasteiger partial charge in [0.05, 0.1) is 6.54 Å². The van der Waals surface area contributed by atoms with Crippen LogP contribution in [0.15, 0.2) is 35.1 Å². The summed E-state index contributed by atoms with van der Waals surface area (Å²) >= 11 is 0. The number of rotatable bonds is 5. The van der Waals surface area contributed by atoms with E-state index in [2.05, 4.69) is 5.10 Å². The minimum atomic E-state index is -2.59. The summed E-state index contributed by atoms with van der Waals surface area (Å²) < 4.78 is 30.3. The second-order valence-corrected chi connectivity index (χ2v) is 6.26. The molecule has 1 atom stereocenters. The van der Waals surface area contributed by atoms with E-state index in [1.54, 1.807) is 11.5 Å². The van der Waals surface area contributed by atoms with Crippen molar-refractivity contribution in [1.29, 1.82) is 0 Å². The molecule has 2 aromatic rings. The van der Waals surface area contributed by atoms with Crippen LogP contribution >= 0.6 is 0 Å². The number of halogens is 2. The highest BCUT2D eigenvalue weighted by Crippen LogP contribution is 2.42. The molecule has 0 saturated heterocycles. The van der Waals surface area contributed by atoms with Crippen LogP contribution in [0.2, 0.25) is 0 Å². The lowest BCUT2D eigenvalue weighted by atomic mass is 10.0. The van der Waals surface area contributed by atoms with Crippen LogP contribution in [0.5, 0.6) is 0 Å². The maximum Gasteiger partial charge on any atom is 0.346 e. The zero-order chi connectivity index (χ0) is 16.4. The molecule has 0 spiro atoms. The van der Waals surface area contributed by atoms with Gasteiger partial charge in [0.2, 0.25) is 0 Å². The molecule has 1 heterocycles. The van der Waals surface area contributed by atoms with Crippen molar-refractivity contribution in [3.05, 3.63) is 52.2 Å². The van der Waals surface area contributed by atoms with Gasteiger partial charge >= 0.3 is 5.69 Å². The molecular formula is C17H21F2N3O. The fourth-order valence-corrected chi connectivity index (χ4v) is 3.28. The van der Waals surface area contributed by atoms with Gasteiger partial charge in [-0.3, -0.25) is 4.57 Å². The molecule has 1 unspecified atom stereocenters. The topological polar surface area (TPSA) is 39.8 Å². The minimum absolute atomic E-state index is 0.0337. The maximum atomic E-state index is 13.7. The van der Waals surface area contributed by atoms with Gasteiger partial charge in [0.15, 0.2) is 0 Å². The van der Waals surface area contributed by atoms with E-state index in [0.29, 0.717) is 31.6 Å². The van der Waals surface area contributed by atoms with E-state index in [4.69, 9.17) is 0 Å². The first-order valence-electron chi connectivity index (χ1n) is 8.03. The highest BCUT2D eigenvalue weighted by atomic mass is 19.3. The van der Waals surface area contributed by atoms with Crippen molar-refractivity contribution < 1.29 is 8.78 Å². The molecule has 0 aliphatic heterocycles. The fourth-order valence-electron chi connectivity index (χ4n) is 3.28. The Hall–Kier alpha value is -1.98. The van der Waals surface area contributed by atoms with E-state index < -0.39 is 11.8 Å². The molecule has 124 valence electrons. The third-order valence-electron chi connectivity index (χ3n) is 4.64. The van der Waals surface area contributed by atoms with Crippen molar-refractivity contribution >= 4 is 0 Å². The van der Waals surface area contributed by atoms with Crippen LogP contribution in [0.4, 0.5) is 8.78 Å². The average Bonchev–Trinajstić information content (AvgIpc) is 2.99. The fraction of sp³-hybridized carbons (Fsp3) is 0.529. The Morgan fingerprint density at radius 1 is 1.30 bits per heavy atom. The smallest absolute Gasteiger partial charge is 0.275 e. The molecule has 6 heteroatoms. The van der Waals surface area contributed by atoms with Crippen LogP contribution in [0.25, 0.3) is 0 Å². The van der Waals surface area contributed by atoms with Crippen LogP contribution in [0, 0.1) is 12.8 Å². The van der Waals surface area contributed by atoms with Gasteiger partial charge in [-0.05, 0) is 31.7 Å². The van der Waals surface area contributed by atoms with Crippen LogP contribution in [0.1, 0.15) is 37.1 Å². The monoisotopic (exact) mass is 321 g/mol. The highest BCUT2D eigenvalue weighted by Gasteiger charge is 2.43. The summed E-state index contributed by atoms with van der Waals surface area (Å²) in [6.07, 6.45) is 1.36. The molecule has 1 aromatic heterocycles. The number of benzene rings is 1. The predicted molar refractivity (Wildman–Crippen MR) is 83.7 cm³/mol. The Morgan fingerprint density at radius 2 is 2.04 bits per heavy atom. The third-order valence-corrected chi connectivity index (χ3v) is 4.64. The molecule has 1 aliphatic carbocycles. The summed E-state index contributed by atoms with van der Waals surface area (Å²) in [5.41, 5.74) is 0.784. The van der Waals surface area contributed by atoms with Crippen molar-refractivity contribution in [3.8, 4) is 0 Å². The van der Waals surface area contributed by atoms with Crippen molar-refractivity contribution in [2.75, 3.05) is 0 Å². The number of hydrogen-bond acceptors (Lipinski definition) is 2. The van der Waals surface area contributed by atoms with Crippen molar-refractivity contribution in [3.63, 3.8) is 0 Å². The molecule has 0 bridgehead atoms. The SMILES string of the molecule is Cc1nn(CCC2CCCC2(F)F)c(=O)n1Cc1ccccc1. The number of nitrogens with zero attached hydrogens (tertiary/aromatic N) is 3. The Bertz CT molecular complexity index is 721. The normalized spacial score (nSPS) is 20.0. The first kappa shape index (κ1) is 15.9. The van der Waals surface area contributed by atoms with Crippen LogP contribution in [-0.2, 0) is 13.1 Å². The van der Waals surface area contributed by atoms with Crippen molar-refractivity contribution in [2.24, 2.45) is 5.92 Å². The molecule has 23 heavy (non-hydrogen) atoms. The number of hydrogen-bond donors (Lipinski definition) is 0. The van der Waals surface area contributed by atoms with Gasteiger partial charge in [0.25, 0.3) is 5.92 Å². The summed E-state index contributed by atoms with van der Waals surface area (Å²) in [4.78, 5) is 12.4. The summed E-state index contributed by atoms with van der Waals surface area (Å²) in [7, 11) is 0. The molecule has 1 saturated carbocycles. The van der Waals surface area contributed by atoms with E-state index in [1.165, 1.54) is 4.68 Å². The first-order chi connectivity index (χ1) is 11.0. The lowest BCUT2D eigenvalue weighted by Crippen LogP contribution is -2.28. The van der Waals surface area contributed by atoms with Gasteiger partial charge in [-0.15, -0.1) is 0 Å². The summed E-state index contributed by atoms with van der Waals surface area (Å²) in [5, 5.41) is 4.24. The van der Waals surface area contributed by atoms with E-state index in [1.807, 2.05) is 30.3 Å². The predicted octanol–water partition coefficient (Wildman–Crippen LogP) is 3.23. The molecule has 0 amide bonds. The lowest BCUT2D eigenvalue weighted by Gasteiger charge is -2.18. The Labute approximate surface area is 133 Å². The quantitative estimate of drug-likeness (QED) is 0.848. The number of aromatic nitrogens is 3. The molecule has 3 rings (SSSR count). The van der Waals surface area contributed by atoms with E-state index in [0.717, 1.165) is 5.56 Å². The average molecular weight is 321 g/mol. The van der Waals surface area contributed by atoms with Gasteiger partial charge in [-0.25, -0.2) is 18.3 Å². The minimum Gasteiger partial charge on any atom is -0.275 e. The Morgan fingerprint density at radius 3 is 2.70 bits per heavy atom. The zero-order valence-electron chi connectivity index (χ0n) is 13.2. The summed E-state index contributed by atoms with van der Waals surface area (Å²) in [6.45, 7) is 2.47. The molecule has 1 fully saturated rings. The van der Waals surface area contributed by atoms with Crippen LogP contribution < -0.4 is 5.69 Å².